The SMILES string of the molecule is CC(=N)N1CCC(Oc2ccc(C[C@@H](C=Cc3cccc(C(=N)N)c3)NS(=O)(=O)c3ccccc3)cc2)CC1. The molecule has 9 heteroatoms. The fourth-order valence-corrected chi connectivity index (χ4v) is 5.72. The zero-order chi connectivity index (χ0) is 27.8. The standard InChI is InChI=1S/C30H35N5O3S/c1-22(31)35-18-16-28(17-19-35)38-27-14-11-24(12-15-27)21-26(34-39(36,37)29-8-3-2-4-9-29)13-10-23-6-5-7-25(20-23)30(32)33/h2-15,20,26,28,31,34H,16-19,21H2,1H3,(H3,32,33)/t26-/m1/s1. The molecule has 0 saturated carbocycles. The lowest BCUT2D eigenvalue weighted by atomic mass is 10.0. The number of nitrogens with one attached hydrogen (secondary N) is 3. The van der Waals surface area contributed by atoms with Gasteiger partial charge in [-0.2, -0.15) is 0 Å². The van der Waals surface area contributed by atoms with E-state index in [1.54, 1.807) is 42.5 Å². The maximum Gasteiger partial charge on any atom is 0.241 e. The molecule has 3 aromatic rings. The Morgan fingerprint density at radius 3 is 2.38 bits per heavy atom. The van der Waals surface area contributed by atoms with Crippen LogP contribution < -0.4 is 15.2 Å². The lowest BCUT2D eigenvalue weighted by molar-refractivity contribution is 0.130. The van der Waals surface area contributed by atoms with Crippen LogP contribution in [0.4, 0.5) is 0 Å². The predicted molar refractivity (Wildman–Crippen MR) is 156 cm³/mol. The Labute approximate surface area is 230 Å². The van der Waals surface area contributed by atoms with Crippen LogP contribution in [0.2, 0.25) is 0 Å². The van der Waals surface area contributed by atoms with Crippen molar-refractivity contribution in [2.45, 2.75) is 43.2 Å². The first-order valence-corrected chi connectivity index (χ1v) is 14.4. The molecule has 0 spiro atoms. The van der Waals surface area contributed by atoms with Gasteiger partial charge in [0, 0.05) is 37.5 Å². The topological polar surface area (TPSA) is 132 Å². The largest absolute Gasteiger partial charge is 0.490 e. The highest BCUT2D eigenvalue weighted by Gasteiger charge is 2.21. The highest BCUT2D eigenvalue weighted by Crippen LogP contribution is 2.21. The fraction of sp³-hybridized carbons (Fsp3) is 0.267. The van der Waals surface area contributed by atoms with Crippen molar-refractivity contribution in [3.8, 4) is 5.75 Å². The van der Waals surface area contributed by atoms with Crippen molar-refractivity contribution in [3.63, 3.8) is 0 Å². The molecule has 8 nitrogen and oxygen atoms in total. The zero-order valence-corrected chi connectivity index (χ0v) is 22.8. The van der Waals surface area contributed by atoms with E-state index < -0.39 is 16.1 Å². The number of benzene rings is 3. The molecule has 4 rings (SSSR count). The monoisotopic (exact) mass is 545 g/mol. The number of rotatable bonds is 10. The van der Waals surface area contributed by atoms with E-state index in [9.17, 15) is 8.42 Å². The summed E-state index contributed by atoms with van der Waals surface area (Å²) in [6, 6.07) is 22.8. The van der Waals surface area contributed by atoms with E-state index in [1.807, 2.05) is 55.5 Å². The molecular weight excluding hydrogens is 510 g/mol. The van der Waals surface area contributed by atoms with Crippen molar-refractivity contribution < 1.29 is 13.2 Å². The van der Waals surface area contributed by atoms with Crippen LogP contribution in [0.15, 0.2) is 89.8 Å². The molecule has 0 aliphatic carbocycles. The molecule has 1 atom stereocenters. The Morgan fingerprint density at radius 2 is 1.74 bits per heavy atom. The molecule has 0 bridgehead atoms. The van der Waals surface area contributed by atoms with Gasteiger partial charge < -0.3 is 15.4 Å². The molecule has 0 aromatic heterocycles. The highest BCUT2D eigenvalue weighted by molar-refractivity contribution is 7.89. The molecule has 1 saturated heterocycles. The van der Waals surface area contributed by atoms with Gasteiger partial charge in [-0.05, 0) is 54.8 Å². The molecular formula is C30H35N5O3S. The zero-order valence-electron chi connectivity index (χ0n) is 22.0. The van der Waals surface area contributed by atoms with E-state index >= 15 is 0 Å². The quantitative estimate of drug-likeness (QED) is 0.221. The smallest absolute Gasteiger partial charge is 0.241 e. The number of amidine groups is 2. The summed E-state index contributed by atoms with van der Waals surface area (Å²) in [7, 11) is -3.74. The Kier molecular flexibility index (Phi) is 9.16. The number of hydrogen-bond acceptors (Lipinski definition) is 5. The van der Waals surface area contributed by atoms with Crippen LogP contribution in [0.1, 0.15) is 36.5 Å². The summed E-state index contributed by atoms with van der Waals surface area (Å²) in [6.07, 6.45) is 5.96. The van der Waals surface area contributed by atoms with Gasteiger partial charge in [0.2, 0.25) is 10.0 Å². The van der Waals surface area contributed by atoms with Crippen LogP contribution in [0.3, 0.4) is 0 Å². The maximum atomic E-state index is 13.1. The van der Waals surface area contributed by atoms with Crippen molar-refractivity contribution in [3.05, 3.63) is 102 Å². The average Bonchev–Trinajstić information content (AvgIpc) is 2.93. The Balaban J connectivity index is 1.48. The number of sulfonamides is 1. The predicted octanol–water partition coefficient (Wildman–Crippen LogP) is 4.41. The molecule has 1 aliphatic heterocycles. The number of likely N-dealkylation sites (tertiary alicyclic amines) is 1. The number of hydrogen-bond donors (Lipinski definition) is 4. The molecule has 1 heterocycles. The summed E-state index contributed by atoms with van der Waals surface area (Å²) >= 11 is 0. The second-order valence-corrected chi connectivity index (χ2v) is 11.4. The number of ether oxygens (including phenoxy) is 1. The molecule has 39 heavy (non-hydrogen) atoms. The van der Waals surface area contributed by atoms with Crippen molar-refractivity contribution >= 4 is 27.8 Å². The second kappa shape index (κ2) is 12.7. The van der Waals surface area contributed by atoms with E-state index in [-0.39, 0.29) is 16.8 Å². The Hall–Kier alpha value is -3.95. The Bertz CT molecular complexity index is 1410. The van der Waals surface area contributed by atoms with Crippen LogP contribution in [0.25, 0.3) is 6.08 Å². The van der Waals surface area contributed by atoms with Gasteiger partial charge in [0.15, 0.2) is 0 Å². The first kappa shape index (κ1) is 28.1. The number of piperidine rings is 1. The van der Waals surface area contributed by atoms with Gasteiger partial charge >= 0.3 is 0 Å². The third-order valence-corrected chi connectivity index (χ3v) is 8.18. The van der Waals surface area contributed by atoms with Crippen molar-refractivity contribution in [2.75, 3.05) is 13.1 Å². The summed E-state index contributed by atoms with van der Waals surface area (Å²) in [5.74, 6) is 1.35. The normalized spacial score (nSPS) is 15.3. The van der Waals surface area contributed by atoms with E-state index in [1.165, 1.54) is 0 Å². The number of nitrogen functional groups attached to an aromatic ring is 1. The highest BCUT2D eigenvalue weighted by atomic mass is 32.2. The lowest BCUT2D eigenvalue weighted by Gasteiger charge is -2.32. The molecule has 0 radical (unpaired) electrons. The summed E-state index contributed by atoms with van der Waals surface area (Å²) in [5, 5.41) is 15.5. The van der Waals surface area contributed by atoms with Gasteiger partial charge in [0.1, 0.15) is 17.7 Å². The first-order valence-electron chi connectivity index (χ1n) is 13.0. The van der Waals surface area contributed by atoms with Crippen LogP contribution in [0, 0.1) is 10.8 Å². The third-order valence-electron chi connectivity index (χ3n) is 6.68. The summed E-state index contributed by atoms with van der Waals surface area (Å²) in [6.45, 7) is 3.46. The van der Waals surface area contributed by atoms with E-state index in [0.717, 1.165) is 42.8 Å². The van der Waals surface area contributed by atoms with Crippen molar-refractivity contribution in [1.29, 1.82) is 10.8 Å². The average molecular weight is 546 g/mol. The van der Waals surface area contributed by atoms with E-state index in [0.29, 0.717) is 17.8 Å². The second-order valence-electron chi connectivity index (χ2n) is 9.68. The minimum atomic E-state index is -3.74. The summed E-state index contributed by atoms with van der Waals surface area (Å²) in [4.78, 5) is 2.26. The Morgan fingerprint density at radius 1 is 1.05 bits per heavy atom. The van der Waals surface area contributed by atoms with Gasteiger partial charge in [-0.1, -0.05) is 60.7 Å². The minimum absolute atomic E-state index is 0.0238. The molecule has 5 N–H and O–H groups in total. The van der Waals surface area contributed by atoms with Crippen LogP contribution in [0.5, 0.6) is 5.75 Å². The maximum absolute atomic E-state index is 13.1. The molecule has 0 unspecified atom stereocenters. The van der Waals surface area contributed by atoms with Gasteiger partial charge in [0.05, 0.1) is 10.7 Å². The molecule has 0 amide bonds. The third kappa shape index (κ3) is 8.02. The van der Waals surface area contributed by atoms with Gasteiger partial charge in [0.25, 0.3) is 0 Å². The molecule has 1 fully saturated rings. The van der Waals surface area contributed by atoms with Crippen molar-refractivity contribution in [1.82, 2.24) is 9.62 Å². The van der Waals surface area contributed by atoms with E-state index in [4.69, 9.17) is 21.3 Å². The lowest BCUT2D eigenvalue weighted by Crippen LogP contribution is -2.40. The summed E-state index contributed by atoms with van der Waals surface area (Å²) < 4.78 is 35.2. The molecule has 1 aliphatic rings. The van der Waals surface area contributed by atoms with Gasteiger partial charge in [-0.15, -0.1) is 0 Å². The van der Waals surface area contributed by atoms with E-state index in [2.05, 4.69) is 9.62 Å². The van der Waals surface area contributed by atoms with Gasteiger partial charge in [-0.25, -0.2) is 13.1 Å². The summed E-state index contributed by atoms with van der Waals surface area (Å²) in [5.41, 5.74) is 8.01. The van der Waals surface area contributed by atoms with Crippen LogP contribution >= 0.6 is 0 Å². The molecule has 3 aromatic carbocycles. The first-order chi connectivity index (χ1) is 18.7. The van der Waals surface area contributed by atoms with Gasteiger partial charge in [-0.3, -0.25) is 10.8 Å². The fourth-order valence-electron chi connectivity index (χ4n) is 4.51. The van der Waals surface area contributed by atoms with Crippen LogP contribution in [-0.4, -0.2) is 50.2 Å². The molecule has 204 valence electrons. The van der Waals surface area contributed by atoms with Crippen molar-refractivity contribution in [2.24, 2.45) is 5.73 Å². The number of nitrogens with zero attached hydrogens (tertiary/aromatic N) is 1. The number of nitrogens with two attached hydrogens (primary N) is 1. The minimum Gasteiger partial charge on any atom is -0.490 e. The van der Waals surface area contributed by atoms with Crippen LogP contribution in [-0.2, 0) is 16.4 Å².